The van der Waals surface area contributed by atoms with Crippen molar-refractivity contribution in [2.75, 3.05) is 7.05 Å². The second-order valence-corrected chi connectivity index (χ2v) is 2.12. The Labute approximate surface area is 67.7 Å². The van der Waals surface area contributed by atoms with E-state index in [1.165, 1.54) is 5.01 Å². The number of guanidine groups is 1. The highest BCUT2D eigenvalue weighted by atomic mass is 15.5. The average molecular weight is 150 g/mol. The Kier molecular flexibility index (Phi) is 3.37. The first-order valence-electron chi connectivity index (χ1n) is 3.03. The van der Waals surface area contributed by atoms with E-state index in [9.17, 15) is 0 Å². The van der Waals surface area contributed by atoms with Gasteiger partial charge in [-0.25, -0.2) is 5.01 Å². The van der Waals surface area contributed by atoms with Crippen molar-refractivity contribution in [3.8, 4) is 0 Å². The van der Waals surface area contributed by atoms with E-state index >= 15 is 0 Å². The fourth-order valence-corrected chi connectivity index (χ4v) is 0.343. The normalized spacial score (nSPS) is 10.9. The van der Waals surface area contributed by atoms with Crippen LogP contribution in [0.5, 0.6) is 0 Å². The minimum absolute atomic E-state index is 0.134. The lowest BCUT2D eigenvalue weighted by atomic mass is 9.94. The molecule has 0 rings (SSSR count). The van der Waals surface area contributed by atoms with Crippen LogP contribution >= 0.6 is 0 Å². The number of allylic oxidation sites excluding steroid dienone is 1. The van der Waals surface area contributed by atoms with E-state index < -0.39 is 0 Å². The van der Waals surface area contributed by atoms with Gasteiger partial charge in [-0.1, -0.05) is 5.47 Å². The summed E-state index contributed by atoms with van der Waals surface area (Å²) in [5.41, 5.74) is 6.05. The van der Waals surface area contributed by atoms with Crippen molar-refractivity contribution in [2.45, 2.75) is 6.92 Å². The summed E-state index contributed by atoms with van der Waals surface area (Å²) in [4.78, 5) is 0. The first-order chi connectivity index (χ1) is 4.95. The molecule has 0 aliphatic carbocycles. The number of hydrogen-bond donors (Lipinski definition) is 2. The third-order valence-electron chi connectivity index (χ3n) is 1.11. The Hall–Kier alpha value is -1.26. The number of nitrogens with zero attached hydrogens (tertiary/aromatic N) is 2. The summed E-state index contributed by atoms with van der Waals surface area (Å²) in [6.45, 7) is 5.17. The summed E-state index contributed by atoms with van der Waals surface area (Å²) in [6, 6.07) is 0. The molecular weight excluding hydrogens is 139 g/mol. The van der Waals surface area contributed by atoms with Crippen molar-refractivity contribution in [3.63, 3.8) is 0 Å². The number of hydrogen-bond acceptors (Lipinski definition) is 2. The molecule has 3 N–H and O–H groups in total. The monoisotopic (exact) mass is 150 g/mol. The van der Waals surface area contributed by atoms with Gasteiger partial charge in [-0.05, 0) is 6.92 Å². The molecule has 5 heteroatoms. The van der Waals surface area contributed by atoms with Gasteiger partial charge in [-0.15, -0.1) is 6.58 Å². The second kappa shape index (κ2) is 3.80. The lowest BCUT2D eigenvalue weighted by Gasteiger charge is -2.11. The van der Waals surface area contributed by atoms with Gasteiger partial charge in [0.2, 0.25) is 5.96 Å². The number of rotatable bonds is 2. The van der Waals surface area contributed by atoms with Crippen molar-refractivity contribution < 1.29 is 0 Å². The van der Waals surface area contributed by atoms with E-state index in [4.69, 9.17) is 19.0 Å². The zero-order valence-electron chi connectivity index (χ0n) is 6.76. The highest BCUT2D eigenvalue weighted by molar-refractivity contribution is 6.37. The van der Waals surface area contributed by atoms with Crippen LogP contribution in [0.2, 0.25) is 0 Å². The van der Waals surface area contributed by atoms with E-state index in [0.29, 0.717) is 11.2 Å². The minimum Gasteiger partial charge on any atom is -0.369 e. The maximum Gasteiger partial charge on any atom is 0.208 e. The molecule has 4 nitrogen and oxygen atoms in total. The van der Waals surface area contributed by atoms with Crippen LogP contribution in [-0.4, -0.2) is 31.6 Å². The fraction of sp³-hybridized carbons (Fsp3) is 0.333. The van der Waals surface area contributed by atoms with Crippen LogP contribution in [0.25, 0.3) is 0 Å². The molecule has 0 fully saturated rings. The van der Waals surface area contributed by atoms with Gasteiger partial charge in [0, 0.05) is 7.05 Å². The van der Waals surface area contributed by atoms with Crippen LogP contribution in [0.4, 0.5) is 0 Å². The molecule has 0 atom stereocenters. The molecular formula is C6H11BN4. The molecule has 0 aliphatic heterocycles. The maximum absolute atomic E-state index is 6.96. The van der Waals surface area contributed by atoms with Crippen molar-refractivity contribution in [1.29, 1.82) is 5.41 Å². The molecule has 2 radical (unpaired) electrons. The van der Waals surface area contributed by atoms with E-state index in [2.05, 4.69) is 11.7 Å². The Morgan fingerprint density at radius 3 is 2.45 bits per heavy atom. The molecule has 0 aliphatic rings. The molecule has 0 unspecified atom stereocenters. The van der Waals surface area contributed by atoms with Crippen molar-refractivity contribution in [1.82, 2.24) is 5.01 Å². The fourth-order valence-electron chi connectivity index (χ4n) is 0.343. The Morgan fingerprint density at radius 2 is 2.18 bits per heavy atom. The summed E-state index contributed by atoms with van der Waals surface area (Å²) in [6.07, 6.45) is 0. The molecule has 0 spiro atoms. The third kappa shape index (κ3) is 3.45. The molecule has 0 aromatic rings. The Bertz CT molecular complexity index is 209. The summed E-state index contributed by atoms with van der Waals surface area (Å²) in [5.74, 6) is -0.134. The van der Waals surface area contributed by atoms with Crippen molar-refractivity contribution >= 4 is 19.5 Å². The lowest BCUT2D eigenvalue weighted by Crippen LogP contribution is -2.29. The predicted molar refractivity (Wildman–Crippen MR) is 47.7 cm³/mol. The highest BCUT2D eigenvalue weighted by Crippen LogP contribution is 1.90. The molecule has 0 saturated carbocycles. The third-order valence-corrected chi connectivity index (χ3v) is 1.11. The minimum atomic E-state index is -0.134. The lowest BCUT2D eigenvalue weighted by molar-refractivity contribution is 0.533. The van der Waals surface area contributed by atoms with Gasteiger partial charge in [-0.3, -0.25) is 5.41 Å². The molecule has 0 heterocycles. The molecule has 11 heavy (non-hydrogen) atoms. The van der Waals surface area contributed by atoms with Gasteiger partial charge < -0.3 is 5.73 Å². The summed E-state index contributed by atoms with van der Waals surface area (Å²) >= 11 is 0. The predicted octanol–water partition coefficient (Wildman–Crippen LogP) is -0.130. The van der Waals surface area contributed by atoms with Crippen LogP contribution in [0, 0.1) is 5.41 Å². The SMILES string of the molecule is [B]C(=C)/C(C)=N/N(C)C(=N)N. The molecule has 0 bridgehead atoms. The Balaban J connectivity index is 4.31. The summed E-state index contributed by atoms with van der Waals surface area (Å²) in [5, 5.41) is 12.0. The first-order valence-corrected chi connectivity index (χ1v) is 3.03. The number of nitrogens with one attached hydrogen (secondary N) is 1. The quantitative estimate of drug-likeness (QED) is 0.249. The van der Waals surface area contributed by atoms with Crippen LogP contribution < -0.4 is 5.73 Å². The van der Waals surface area contributed by atoms with Gasteiger partial charge in [0.1, 0.15) is 7.85 Å². The smallest absolute Gasteiger partial charge is 0.208 e. The van der Waals surface area contributed by atoms with Gasteiger partial charge in [0.15, 0.2) is 0 Å². The average Bonchev–Trinajstić information content (AvgIpc) is 1.87. The highest BCUT2D eigenvalue weighted by Gasteiger charge is 1.96. The molecule has 0 amide bonds. The summed E-state index contributed by atoms with van der Waals surface area (Å²) < 4.78 is 0. The topological polar surface area (TPSA) is 65.5 Å². The van der Waals surface area contributed by atoms with Crippen LogP contribution in [0.1, 0.15) is 6.92 Å². The van der Waals surface area contributed by atoms with E-state index in [1.54, 1.807) is 14.0 Å². The van der Waals surface area contributed by atoms with Crippen molar-refractivity contribution in [2.24, 2.45) is 10.8 Å². The van der Waals surface area contributed by atoms with Crippen molar-refractivity contribution in [3.05, 3.63) is 12.1 Å². The zero-order chi connectivity index (χ0) is 9.02. The number of hydrazone groups is 1. The zero-order valence-corrected chi connectivity index (χ0v) is 6.76. The second-order valence-electron chi connectivity index (χ2n) is 2.12. The van der Waals surface area contributed by atoms with Gasteiger partial charge in [-0.2, -0.15) is 5.10 Å². The number of nitrogens with two attached hydrogens (primary N) is 1. The van der Waals surface area contributed by atoms with E-state index in [1.807, 2.05) is 0 Å². The Morgan fingerprint density at radius 1 is 1.73 bits per heavy atom. The largest absolute Gasteiger partial charge is 0.369 e. The van der Waals surface area contributed by atoms with E-state index in [-0.39, 0.29) is 5.96 Å². The van der Waals surface area contributed by atoms with E-state index in [0.717, 1.165) is 0 Å². The van der Waals surface area contributed by atoms with Crippen LogP contribution in [0.3, 0.4) is 0 Å². The standard InChI is InChI=1S/C6H11BN4/c1-4(7)5(2)10-11(3)6(8)9/h1H2,2-3H3,(H3,8,9)/b10-5+. The van der Waals surface area contributed by atoms with Crippen LogP contribution in [0.15, 0.2) is 17.2 Å². The van der Waals surface area contributed by atoms with Gasteiger partial charge in [0.25, 0.3) is 0 Å². The molecule has 0 aromatic carbocycles. The summed E-state index contributed by atoms with van der Waals surface area (Å²) in [7, 11) is 6.89. The van der Waals surface area contributed by atoms with Gasteiger partial charge >= 0.3 is 0 Å². The molecule has 0 saturated heterocycles. The first kappa shape index (κ1) is 9.74. The maximum atomic E-state index is 6.96. The molecule has 58 valence electrons. The van der Waals surface area contributed by atoms with Gasteiger partial charge in [0.05, 0.1) is 5.71 Å². The van der Waals surface area contributed by atoms with Crippen LogP contribution in [-0.2, 0) is 0 Å². The molecule has 0 aromatic heterocycles.